The Hall–Kier alpha value is -1.96. The summed E-state index contributed by atoms with van der Waals surface area (Å²) in [7, 11) is 0. The van der Waals surface area contributed by atoms with Gasteiger partial charge < -0.3 is 14.8 Å². The number of nitrogens with zero attached hydrogens (tertiary/aromatic N) is 1. The van der Waals surface area contributed by atoms with Gasteiger partial charge in [-0.2, -0.15) is 11.3 Å². The minimum Gasteiger partial charge on any atom is -0.462 e. The van der Waals surface area contributed by atoms with E-state index in [2.05, 4.69) is 10.3 Å². The Morgan fingerprint density at radius 3 is 3.05 bits per heavy atom. The fourth-order valence-corrected chi connectivity index (χ4v) is 3.25. The Balaban J connectivity index is 1.62. The predicted molar refractivity (Wildman–Crippen MR) is 86.2 cm³/mol. The lowest BCUT2D eigenvalue weighted by Gasteiger charge is -2.09. The number of aryl methyl sites for hydroxylation is 1. The molecule has 7 heteroatoms. The van der Waals surface area contributed by atoms with Crippen molar-refractivity contribution in [1.82, 2.24) is 10.3 Å². The zero-order valence-electron chi connectivity index (χ0n) is 11.8. The first kappa shape index (κ1) is 15.0. The van der Waals surface area contributed by atoms with Gasteiger partial charge in [-0.25, -0.2) is 4.98 Å². The van der Waals surface area contributed by atoms with E-state index in [0.717, 1.165) is 16.3 Å². The number of thiazole rings is 1. The van der Waals surface area contributed by atoms with Crippen molar-refractivity contribution in [3.05, 3.63) is 50.7 Å². The van der Waals surface area contributed by atoms with Gasteiger partial charge in [0.25, 0.3) is 5.91 Å². The smallest absolute Gasteiger partial charge is 0.254 e. The topological polar surface area (TPSA) is 75.4 Å². The Morgan fingerprint density at radius 1 is 1.50 bits per heavy atom. The van der Waals surface area contributed by atoms with Crippen molar-refractivity contribution in [2.45, 2.75) is 13.0 Å². The molecule has 0 aliphatic heterocycles. The minimum atomic E-state index is -0.706. The van der Waals surface area contributed by atoms with E-state index in [-0.39, 0.29) is 12.5 Å². The Labute approximate surface area is 135 Å². The molecule has 3 rings (SSSR count). The Bertz CT molecular complexity index is 761. The van der Waals surface area contributed by atoms with Crippen LogP contribution in [0.25, 0.3) is 11.5 Å². The summed E-state index contributed by atoms with van der Waals surface area (Å²) in [5.74, 6) is 0.282. The number of hydrogen-bond donors (Lipinski definition) is 2. The molecule has 0 radical (unpaired) electrons. The zero-order chi connectivity index (χ0) is 15.5. The van der Waals surface area contributed by atoms with Crippen molar-refractivity contribution in [3.63, 3.8) is 0 Å². The SMILES string of the molecule is Cc1nc(-c2cc(C(=O)NCC(O)c3ccsc3)co2)cs1. The van der Waals surface area contributed by atoms with Crippen LogP contribution in [0.15, 0.2) is 39.0 Å². The third-order valence-corrected chi connectivity index (χ3v) is 4.59. The first-order valence-corrected chi connectivity index (χ1v) is 8.45. The van der Waals surface area contributed by atoms with Gasteiger partial charge in [0, 0.05) is 11.9 Å². The summed E-state index contributed by atoms with van der Waals surface area (Å²) < 4.78 is 5.39. The lowest BCUT2D eigenvalue weighted by Crippen LogP contribution is -2.27. The van der Waals surface area contributed by atoms with Crippen molar-refractivity contribution >= 4 is 28.6 Å². The second kappa shape index (κ2) is 6.43. The fraction of sp³-hybridized carbons (Fsp3) is 0.200. The van der Waals surface area contributed by atoms with Crippen molar-refractivity contribution in [2.24, 2.45) is 0 Å². The number of aliphatic hydroxyl groups excluding tert-OH is 1. The summed E-state index contributed by atoms with van der Waals surface area (Å²) >= 11 is 3.03. The summed E-state index contributed by atoms with van der Waals surface area (Å²) in [5, 5.41) is 19.2. The molecule has 0 saturated heterocycles. The number of carbonyl (C=O) groups is 1. The van der Waals surface area contributed by atoms with Crippen LogP contribution in [0.4, 0.5) is 0 Å². The summed E-state index contributed by atoms with van der Waals surface area (Å²) in [6.45, 7) is 2.07. The van der Waals surface area contributed by atoms with Crippen LogP contribution in [0.2, 0.25) is 0 Å². The van der Waals surface area contributed by atoms with E-state index >= 15 is 0 Å². The number of thiophene rings is 1. The molecule has 1 unspecified atom stereocenters. The second-order valence-electron chi connectivity index (χ2n) is 4.73. The maximum Gasteiger partial charge on any atom is 0.254 e. The van der Waals surface area contributed by atoms with Crippen LogP contribution in [0, 0.1) is 6.92 Å². The molecule has 3 heterocycles. The van der Waals surface area contributed by atoms with E-state index in [9.17, 15) is 9.90 Å². The highest BCUT2D eigenvalue weighted by Gasteiger charge is 2.15. The highest BCUT2D eigenvalue weighted by Crippen LogP contribution is 2.23. The fourth-order valence-electron chi connectivity index (χ4n) is 1.94. The molecule has 0 bridgehead atoms. The van der Waals surface area contributed by atoms with Gasteiger partial charge in [-0.3, -0.25) is 4.79 Å². The van der Waals surface area contributed by atoms with Gasteiger partial charge in [0.05, 0.1) is 16.7 Å². The minimum absolute atomic E-state index is 0.159. The molecule has 0 aliphatic rings. The highest BCUT2D eigenvalue weighted by molar-refractivity contribution is 7.09. The number of furan rings is 1. The van der Waals surface area contributed by atoms with Crippen molar-refractivity contribution in [1.29, 1.82) is 0 Å². The quantitative estimate of drug-likeness (QED) is 0.751. The molecule has 0 aromatic carbocycles. The molecule has 3 aromatic rings. The summed E-state index contributed by atoms with van der Waals surface area (Å²) in [6, 6.07) is 3.49. The van der Waals surface area contributed by atoms with Crippen LogP contribution in [-0.4, -0.2) is 22.5 Å². The molecule has 3 aromatic heterocycles. The molecule has 0 fully saturated rings. The van der Waals surface area contributed by atoms with Crippen LogP contribution < -0.4 is 5.32 Å². The molecule has 0 aliphatic carbocycles. The number of hydrogen-bond acceptors (Lipinski definition) is 6. The third kappa shape index (κ3) is 3.27. The largest absolute Gasteiger partial charge is 0.462 e. The van der Waals surface area contributed by atoms with Crippen LogP contribution in [0.1, 0.15) is 27.0 Å². The lowest BCUT2D eigenvalue weighted by molar-refractivity contribution is 0.0916. The van der Waals surface area contributed by atoms with Gasteiger partial charge in [0.15, 0.2) is 5.76 Å². The molecule has 114 valence electrons. The van der Waals surface area contributed by atoms with Gasteiger partial charge in [0.1, 0.15) is 12.0 Å². The number of carbonyl (C=O) groups excluding carboxylic acids is 1. The Morgan fingerprint density at radius 2 is 2.36 bits per heavy atom. The molecular formula is C15H14N2O3S2. The van der Waals surface area contributed by atoms with Gasteiger partial charge in [-0.15, -0.1) is 11.3 Å². The van der Waals surface area contributed by atoms with Gasteiger partial charge >= 0.3 is 0 Å². The molecule has 5 nitrogen and oxygen atoms in total. The predicted octanol–water partition coefficient (Wildman–Crippen LogP) is 3.24. The molecule has 1 amide bonds. The van der Waals surface area contributed by atoms with E-state index < -0.39 is 6.10 Å². The van der Waals surface area contributed by atoms with Gasteiger partial charge in [-0.05, 0) is 35.4 Å². The van der Waals surface area contributed by atoms with Crippen molar-refractivity contribution in [3.8, 4) is 11.5 Å². The number of rotatable bonds is 5. The van der Waals surface area contributed by atoms with E-state index in [0.29, 0.717) is 11.3 Å². The Kier molecular flexibility index (Phi) is 4.37. The van der Waals surface area contributed by atoms with Crippen LogP contribution in [0.5, 0.6) is 0 Å². The van der Waals surface area contributed by atoms with Crippen LogP contribution in [0.3, 0.4) is 0 Å². The molecule has 0 spiro atoms. The van der Waals surface area contributed by atoms with E-state index in [1.807, 2.05) is 29.1 Å². The zero-order valence-corrected chi connectivity index (χ0v) is 13.4. The number of aromatic nitrogens is 1. The number of nitrogens with one attached hydrogen (secondary N) is 1. The average Bonchev–Trinajstić information content (AvgIpc) is 3.23. The maximum atomic E-state index is 12.1. The maximum absolute atomic E-state index is 12.1. The normalized spacial score (nSPS) is 12.3. The van der Waals surface area contributed by atoms with E-state index in [1.54, 1.807) is 6.07 Å². The molecular weight excluding hydrogens is 320 g/mol. The van der Waals surface area contributed by atoms with Gasteiger partial charge in [-0.1, -0.05) is 0 Å². The molecule has 1 atom stereocenters. The lowest BCUT2D eigenvalue weighted by atomic mass is 10.2. The van der Waals surface area contributed by atoms with Gasteiger partial charge in [0.2, 0.25) is 0 Å². The van der Waals surface area contributed by atoms with Crippen molar-refractivity contribution in [2.75, 3.05) is 6.54 Å². The summed E-state index contributed by atoms with van der Waals surface area (Å²) in [4.78, 5) is 16.4. The van der Waals surface area contributed by atoms with E-state index in [1.165, 1.54) is 28.9 Å². The summed E-state index contributed by atoms with van der Waals surface area (Å²) in [6.07, 6.45) is 0.693. The average molecular weight is 334 g/mol. The van der Waals surface area contributed by atoms with Crippen LogP contribution in [-0.2, 0) is 0 Å². The molecule has 22 heavy (non-hydrogen) atoms. The molecule has 2 N–H and O–H groups in total. The van der Waals surface area contributed by atoms with Crippen molar-refractivity contribution < 1.29 is 14.3 Å². The molecule has 0 saturated carbocycles. The number of aliphatic hydroxyl groups is 1. The van der Waals surface area contributed by atoms with E-state index in [4.69, 9.17) is 4.42 Å². The first-order chi connectivity index (χ1) is 10.6. The monoisotopic (exact) mass is 334 g/mol. The summed E-state index contributed by atoms with van der Waals surface area (Å²) in [5.41, 5.74) is 1.94. The standard InChI is InChI=1S/C15H14N2O3S2/c1-9-17-12(8-22-9)14-4-11(6-20-14)15(19)16-5-13(18)10-2-3-21-7-10/h2-4,6-8,13,18H,5H2,1H3,(H,16,19). The van der Waals surface area contributed by atoms with Crippen LogP contribution >= 0.6 is 22.7 Å². The first-order valence-electron chi connectivity index (χ1n) is 6.63. The third-order valence-electron chi connectivity index (χ3n) is 3.12. The number of amides is 1. The highest BCUT2D eigenvalue weighted by atomic mass is 32.1. The second-order valence-corrected chi connectivity index (χ2v) is 6.58.